The fourth-order valence-electron chi connectivity index (χ4n) is 3.72. The molecule has 0 fully saturated rings. The molecule has 0 aromatic heterocycles. The van der Waals surface area contributed by atoms with Crippen LogP contribution in [0.4, 0.5) is 0 Å². The summed E-state index contributed by atoms with van der Waals surface area (Å²) in [4.78, 5) is 0. The first kappa shape index (κ1) is 21.1. The van der Waals surface area contributed by atoms with Crippen LogP contribution in [0.5, 0.6) is 17.2 Å². The summed E-state index contributed by atoms with van der Waals surface area (Å²) in [6.07, 6.45) is 0.901. The smallest absolute Gasteiger partial charge is 0.386 e. The molecule has 33 heavy (non-hydrogen) atoms. The first-order chi connectivity index (χ1) is 16.1. The Morgan fingerprint density at radius 3 is 2.03 bits per heavy atom. The molecule has 0 amide bonds. The minimum Gasteiger partial charge on any atom is -0.386 e. The Hall–Kier alpha value is -3.75. The summed E-state index contributed by atoms with van der Waals surface area (Å²) in [7, 11) is -4.09. The predicted molar refractivity (Wildman–Crippen MR) is 133 cm³/mol. The van der Waals surface area contributed by atoms with Gasteiger partial charge in [0.05, 0.1) is 0 Å². The van der Waals surface area contributed by atoms with E-state index in [4.69, 9.17) is 13.6 Å². The number of phosphoric acid groups is 1. The van der Waals surface area contributed by atoms with E-state index in [1.54, 1.807) is 24.3 Å². The second-order valence-electron chi connectivity index (χ2n) is 7.70. The van der Waals surface area contributed by atoms with Crippen LogP contribution in [0, 0.1) is 0 Å². The quantitative estimate of drug-likeness (QED) is 0.233. The average Bonchev–Trinajstić information content (AvgIpc) is 2.84. The van der Waals surface area contributed by atoms with E-state index in [1.165, 1.54) is 0 Å². The first-order valence-electron chi connectivity index (χ1n) is 10.9. The summed E-state index contributed by atoms with van der Waals surface area (Å²) < 4.78 is 31.8. The van der Waals surface area contributed by atoms with Crippen molar-refractivity contribution in [3.05, 3.63) is 115 Å². The van der Waals surface area contributed by atoms with Crippen molar-refractivity contribution in [2.45, 2.75) is 13.3 Å². The molecule has 0 aliphatic carbocycles. The molecule has 0 aliphatic heterocycles. The zero-order valence-corrected chi connectivity index (χ0v) is 19.1. The SMILES string of the molecule is CCc1ccc(OP(=O)(Oc2ccc3ccccc3c2)Oc2cccc3ccccc23)cc1. The molecule has 5 rings (SSSR count). The van der Waals surface area contributed by atoms with Gasteiger partial charge >= 0.3 is 7.82 Å². The number of hydrogen-bond acceptors (Lipinski definition) is 4. The Morgan fingerprint density at radius 1 is 0.606 bits per heavy atom. The van der Waals surface area contributed by atoms with Crippen LogP contribution in [0.15, 0.2) is 109 Å². The van der Waals surface area contributed by atoms with Crippen molar-refractivity contribution in [3.8, 4) is 17.2 Å². The van der Waals surface area contributed by atoms with E-state index in [-0.39, 0.29) is 0 Å². The molecule has 5 heteroatoms. The summed E-state index contributed by atoms with van der Waals surface area (Å²) in [6, 6.07) is 34.2. The Labute approximate surface area is 193 Å². The Kier molecular flexibility index (Phi) is 5.77. The van der Waals surface area contributed by atoms with Gasteiger partial charge < -0.3 is 13.6 Å². The monoisotopic (exact) mass is 454 g/mol. The highest BCUT2D eigenvalue weighted by Crippen LogP contribution is 2.51. The van der Waals surface area contributed by atoms with Crippen molar-refractivity contribution in [2.24, 2.45) is 0 Å². The summed E-state index contributed by atoms with van der Waals surface area (Å²) in [5, 5.41) is 3.83. The van der Waals surface area contributed by atoms with Crippen LogP contribution < -0.4 is 13.6 Å². The topological polar surface area (TPSA) is 44.8 Å². The van der Waals surface area contributed by atoms with Gasteiger partial charge in [0.2, 0.25) is 0 Å². The van der Waals surface area contributed by atoms with E-state index in [9.17, 15) is 4.57 Å². The standard InChI is InChI=1S/C28H23O4P/c1-2-21-14-17-25(18-15-21)30-33(29,31-26-19-16-22-8-3-4-10-24(22)20-26)32-28-13-7-11-23-9-5-6-12-27(23)28/h3-20H,2H2,1H3. The third-order valence-electron chi connectivity index (χ3n) is 5.45. The molecular formula is C28H23O4P. The molecule has 0 N–H and O–H groups in total. The largest absolute Gasteiger partial charge is 0.647 e. The summed E-state index contributed by atoms with van der Waals surface area (Å²) in [6.45, 7) is 2.08. The van der Waals surface area contributed by atoms with Crippen molar-refractivity contribution in [2.75, 3.05) is 0 Å². The van der Waals surface area contributed by atoms with Crippen LogP contribution in [0.3, 0.4) is 0 Å². The lowest BCUT2D eigenvalue weighted by Gasteiger charge is -2.20. The van der Waals surface area contributed by atoms with E-state index < -0.39 is 7.82 Å². The minimum absolute atomic E-state index is 0.405. The Bertz CT molecular complexity index is 1460. The van der Waals surface area contributed by atoms with Gasteiger partial charge in [0.15, 0.2) is 0 Å². The van der Waals surface area contributed by atoms with Gasteiger partial charge in [-0.1, -0.05) is 85.8 Å². The van der Waals surface area contributed by atoms with Crippen LogP contribution in [0.1, 0.15) is 12.5 Å². The average molecular weight is 454 g/mol. The van der Waals surface area contributed by atoms with E-state index in [2.05, 4.69) is 6.92 Å². The highest BCUT2D eigenvalue weighted by Gasteiger charge is 2.34. The molecule has 5 aromatic rings. The van der Waals surface area contributed by atoms with Gasteiger partial charge in [-0.2, -0.15) is 4.57 Å². The fraction of sp³-hybridized carbons (Fsp3) is 0.0714. The molecule has 4 nitrogen and oxygen atoms in total. The summed E-state index contributed by atoms with van der Waals surface area (Å²) in [5.41, 5.74) is 1.16. The first-order valence-corrected chi connectivity index (χ1v) is 12.3. The van der Waals surface area contributed by atoms with E-state index in [0.29, 0.717) is 17.2 Å². The zero-order valence-electron chi connectivity index (χ0n) is 18.2. The number of aryl methyl sites for hydroxylation is 1. The van der Waals surface area contributed by atoms with Crippen LogP contribution in [0.25, 0.3) is 21.5 Å². The van der Waals surface area contributed by atoms with E-state index >= 15 is 0 Å². The minimum atomic E-state index is -4.09. The maximum Gasteiger partial charge on any atom is 0.647 e. The lowest BCUT2D eigenvalue weighted by molar-refractivity contribution is 0.299. The van der Waals surface area contributed by atoms with Crippen molar-refractivity contribution in [1.29, 1.82) is 0 Å². The Morgan fingerprint density at radius 2 is 1.24 bits per heavy atom. The third kappa shape index (κ3) is 4.72. The fourth-order valence-corrected chi connectivity index (χ4v) is 4.98. The highest BCUT2D eigenvalue weighted by atomic mass is 31.2. The molecule has 0 saturated carbocycles. The third-order valence-corrected chi connectivity index (χ3v) is 6.74. The van der Waals surface area contributed by atoms with Crippen molar-refractivity contribution in [1.82, 2.24) is 0 Å². The van der Waals surface area contributed by atoms with Crippen molar-refractivity contribution < 1.29 is 18.1 Å². The van der Waals surface area contributed by atoms with Crippen molar-refractivity contribution in [3.63, 3.8) is 0 Å². The lowest BCUT2D eigenvalue weighted by Crippen LogP contribution is -2.08. The second-order valence-corrected chi connectivity index (χ2v) is 9.15. The number of benzene rings is 5. The number of phosphoric ester groups is 1. The van der Waals surface area contributed by atoms with Gasteiger partial charge in [0.25, 0.3) is 0 Å². The lowest BCUT2D eigenvalue weighted by atomic mass is 10.1. The van der Waals surface area contributed by atoms with Gasteiger partial charge in [0, 0.05) is 5.39 Å². The number of hydrogen-bond donors (Lipinski definition) is 0. The summed E-state index contributed by atoms with van der Waals surface area (Å²) >= 11 is 0. The predicted octanol–water partition coefficient (Wildman–Crippen LogP) is 8.20. The van der Waals surface area contributed by atoms with Crippen LogP contribution in [-0.4, -0.2) is 0 Å². The van der Waals surface area contributed by atoms with Crippen LogP contribution >= 0.6 is 7.82 Å². The molecule has 5 aromatic carbocycles. The van der Waals surface area contributed by atoms with Gasteiger partial charge in [-0.15, -0.1) is 0 Å². The zero-order chi connectivity index (χ0) is 22.7. The van der Waals surface area contributed by atoms with Gasteiger partial charge in [0.1, 0.15) is 17.2 Å². The van der Waals surface area contributed by atoms with Gasteiger partial charge in [-0.3, -0.25) is 0 Å². The highest BCUT2D eigenvalue weighted by molar-refractivity contribution is 7.49. The van der Waals surface area contributed by atoms with E-state index in [1.807, 2.05) is 84.9 Å². The molecule has 0 aliphatic rings. The molecule has 0 saturated heterocycles. The molecular weight excluding hydrogens is 431 g/mol. The summed E-state index contributed by atoms with van der Waals surface area (Å²) in [5.74, 6) is 1.25. The van der Waals surface area contributed by atoms with Gasteiger partial charge in [-0.05, 0) is 58.5 Å². The Balaban J connectivity index is 1.53. The van der Waals surface area contributed by atoms with Gasteiger partial charge in [-0.25, -0.2) is 0 Å². The normalized spacial score (nSPS) is 12.9. The second kappa shape index (κ2) is 9.01. The molecule has 0 heterocycles. The molecule has 164 valence electrons. The molecule has 1 atom stereocenters. The maximum absolute atomic E-state index is 14.0. The molecule has 0 radical (unpaired) electrons. The molecule has 0 spiro atoms. The van der Waals surface area contributed by atoms with E-state index in [0.717, 1.165) is 33.5 Å². The van der Waals surface area contributed by atoms with Crippen molar-refractivity contribution >= 4 is 29.4 Å². The number of rotatable bonds is 7. The molecule has 1 unspecified atom stereocenters. The number of fused-ring (bicyclic) bond motifs is 2. The molecule has 0 bridgehead atoms. The maximum atomic E-state index is 14.0. The van der Waals surface area contributed by atoms with Crippen LogP contribution in [-0.2, 0) is 11.0 Å². The van der Waals surface area contributed by atoms with Crippen LogP contribution in [0.2, 0.25) is 0 Å².